The minimum Gasteiger partial charge on any atom is -0.380 e. The highest BCUT2D eigenvalue weighted by molar-refractivity contribution is 5.28. The van der Waals surface area contributed by atoms with E-state index >= 15 is 0 Å². The van der Waals surface area contributed by atoms with Crippen molar-refractivity contribution in [1.29, 1.82) is 0 Å². The molecule has 1 rings (SSSR count). The molecule has 0 aliphatic carbocycles. The summed E-state index contributed by atoms with van der Waals surface area (Å²) in [7, 11) is 0. The van der Waals surface area contributed by atoms with Gasteiger partial charge in [-0.1, -0.05) is 58.9 Å². The zero-order chi connectivity index (χ0) is 15.7. The van der Waals surface area contributed by atoms with Crippen LogP contribution < -0.4 is 5.32 Å². The van der Waals surface area contributed by atoms with Gasteiger partial charge in [-0.15, -0.1) is 0 Å². The van der Waals surface area contributed by atoms with Gasteiger partial charge in [0, 0.05) is 6.54 Å². The minimum absolute atomic E-state index is 0.275. The molecule has 0 amide bonds. The third-order valence-electron chi connectivity index (χ3n) is 4.13. The van der Waals surface area contributed by atoms with Gasteiger partial charge in [0.1, 0.15) is 0 Å². The van der Waals surface area contributed by atoms with Crippen molar-refractivity contribution in [2.45, 2.75) is 52.9 Å². The van der Waals surface area contributed by atoms with E-state index in [1.54, 1.807) is 0 Å². The molecule has 0 radical (unpaired) electrons. The highest BCUT2D eigenvalue weighted by Crippen LogP contribution is 2.26. The molecule has 0 spiro atoms. The molecular formula is C19H33NO. The van der Waals surface area contributed by atoms with E-state index in [9.17, 15) is 0 Å². The third-order valence-corrected chi connectivity index (χ3v) is 4.13. The van der Waals surface area contributed by atoms with Gasteiger partial charge >= 0.3 is 0 Å². The van der Waals surface area contributed by atoms with Crippen molar-refractivity contribution in [2.75, 3.05) is 26.3 Å². The molecule has 1 aromatic carbocycles. The molecule has 0 aliphatic heterocycles. The summed E-state index contributed by atoms with van der Waals surface area (Å²) < 4.78 is 5.68. The first-order valence-electron chi connectivity index (χ1n) is 8.33. The monoisotopic (exact) mass is 291 g/mol. The van der Waals surface area contributed by atoms with E-state index in [0.29, 0.717) is 5.92 Å². The molecule has 0 aliphatic rings. The van der Waals surface area contributed by atoms with Crippen LogP contribution in [0.3, 0.4) is 0 Å². The Morgan fingerprint density at radius 2 is 1.76 bits per heavy atom. The number of nitrogens with one attached hydrogen (secondary N) is 1. The number of hydrogen-bond donors (Lipinski definition) is 1. The van der Waals surface area contributed by atoms with Gasteiger partial charge in [-0.3, -0.25) is 0 Å². The van der Waals surface area contributed by atoms with Crippen LogP contribution in [0.5, 0.6) is 0 Å². The summed E-state index contributed by atoms with van der Waals surface area (Å²) in [6.07, 6.45) is 2.16. The van der Waals surface area contributed by atoms with Crippen LogP contribution in [0.2, 0.25) is 0 Å². The van der Waals surface area contributed by atoms with E-state index in [2.05, 4.69) is 64.2 Å². The van der Waals surface area contributed by atoms with Crippen LogP contribution in [0.1, 0.15) is 52.2 Å². The Hall–Kier alpha value is -0.860. The molecule has 1 N–H and O–H groups in total. The maximum atomic E-state index is 5.68. The second kappa shape index (κ2) is 9.22. The lowest BCUT2D eigenvalue weighted by atomic mass is 9.82. The second-order valence-electron chi connectivity index (χ2n) is 6.89. The summed E-state index contributed by atoms with van der Waals surface area (Å²) in [6.45, 7) is 14.9. The number of ether oxygens (including phenoxy) is 1. The normalized spacial score (nSPS) is 12.1. The Morgan fingerprint density at radius 1 is 1.10 bits per heavy atom. The summed E-state index contributed by atoms with van der Waals surface area (Å²) in [4.78, 5) is 0. The predicted octanol–water partition coefficient (Wildman–Crippen LogP) is 4.18. The molecule has 0 bridgehead atoms. The van der Waals surface area contributed by atoms with Crippen molar-refractivity contribution in [1.82, 2.24) is 5.32 Å². The summed E-state index contributed by atoms with van der Waals surface area (Å²) in [5.74, 6) is 0.705. The summed E-state index contributed by atoms with van der Waals surface area (Å²) in [5, 5.41) is 3.39. The van der Waals surface area contributed by atoms with Crippen molar-refractivity contribution in [2.24, 2.45) is 5.92 Å². The van der Waals surface area contributed by atoms with E-state index in [1.807, 2.05) is 0 Å². The topological polar surface area (TPSA) is 21.3 Å². The van der Waals surface area contributed by atoms with E-state index in [1.165, 1.54) is 17.5 Å². The first-order chi connectivity index (χ1) is 9.95. The van der Waals surface area contributed by atoms with Crippen LogP contribution in [0.15, 0.2) is 24.3 Å². The molecule has 0 fully saturated rings. The average molecular weight is 291 g/mol. The smallest absolute Gasteiger partial charge is 0.0591 e. The van der Waals surface area contributed by atoms with Crippen molar-refractivity contribution in [3.8, 4) is 0 Å². The van der Waals surface area contributed by atoms with Crippen molar-refractivity contribution in [3.05, 3.63) is 35.4 Å². The molecule has 0 unspecified atom stereocenters. The third kappa shape index (κ3) is 7.10. The molecule has 0 heterocycles. The summed E-state index contributed by atoms with van der Waals surface area (Å²) >= 11 is 0. The Balaban J connectivity index is 2.21. The quantitative estimate of drug-likeness (QED) is 0.653. The van der Waals surface area contributed by atoms with Crippen LogP contribution in [0, 0.1) is 5.92 Å². The van der Waals surface area contributed by atoms with Crippen LogP contribution in [0.4, 0.5) is 0 Å². The van der Waals surface area contributed by atoms with Gasteiger partial charge in [0.05, 0.1) is 13.2 Å². The first-order valence-corrected chi connectivity index (χ1v) is 8.33. The van der Waals surface area contributed by atoms with Crippen LogP contribution >= 0.6 is 0 Å². The molecule has 1 aromatic rings. The number of benzene rings is 1. The Labute approximate surface area is 131 Å². The standard InChI is InChI=1S/C19H33NO/c1-6-19(4,5)18-9-7-17(8-10-18)11-13-21-14-12-20-15-16(2)3/h7-10,16,20H,6,11-15H2,1-5H3. The van der Waals surface area contributed by atoms with Crippen LogP contribution in [0.25, 0.3) is 0 Å². The zero-order valence-electron chi connectivity index (χ0n) is 14.5. The molecule has 0 atom stereocenters. The molecule has 0 saturated heterocycles. The van der Waals surface area contributed by atoms with Crippen LogP contribution in [-0.4, -0.2) is 26.3 Å². The SMILES string of the molecule is CCC(C)(C)c1ccc(CCOCCNCC(C)C)cc1. The molecular weight excluding hydrogens is 258 g/mol. The molecule has 120 valence electrons. The Kier molecular flexibility index (Phi) is 7.98. The molecule has 2 heteroatoms. The van der Waals surface area contributed by atoms with E-state index in [4.69, 9.17) is 4.74 Å². The second-order valence-corrected chi connectivity index (χ2v) is 6.89. The molecule has 0 aromatic heterocycles. The fraction of sp³-hybridized carbons (Fsp3) is 0.684. The van der Waals surface area contributed by atoms with Crippen molar-refractivity contribution in [3.63, 3.8) is 0 Å². The Bertz CT molecular complexity index is 381. The highest BCUT2D eigenvalue weighted by Gasteiger charge is 2.17. The largest absolute Gasteiger partial charge is 0.380 e. The molecule has 21 heavy (non-hydrogen) atoms. The summed E-state index contributed by atoms with van der Waals surface area (Å²) in [5.41, 5.74) is 3.06. The number of hydrogen-bond acceptors (Lipinski definition) is 2. The molecule has 2 nitrogen and oxygen atoms in total. The van der Waals surface area contributed by atoms with Gasteiger partial charge in [-0.2, -0.15) is 0 Å². The van der Waals surface area contributed by atoms with Gasteiger partial charge < -0.3 is 10.1 Å². The predicted molar refractivity (Wildman–Crippen MR) is 92.0 cm³/mol. The Morgan fingerprint density at radius 3 is 2.33 bits per heavy atom. The summed E-state index contributed by atoms with van der Waals surface area (Å²) in [6, 6.07) is 9.02. The number of rotatable bonds is 10. The zero-order valence-corrected chi connectivity index (χ0v) is 14.5. The lowest BCUT2D eigenvalue weighted by Crippen LogP contribution is -2.24. The van der Waals surface area contributed by atoms with Crippen molar-refractivity contribution < 1.29 is 4.74 Å². The molecule has 0 saturated carbocycles. The first kappa shape index (κ1) is 18.2. The highest BCUT2D eigenvalue weighted by atomic mass is 16.5. The maximum Gasteiger partial charge on any atom is 0.0591 e. The van der Waals surface area contributed by atoms with Gasteiger partial charge in [-0.25, -0.2) is 0 Å². The van der Waals surface area contributed by atoms with Crippen LogP contribution in [-0.2, 0) is 16.6 Å². The van der Waals surface area contributed by atoms with Gasteiger partial charge in [0.2, 0.25) is 0 Å². The van der Waals surface area contributed by atoms with E-state index < -0.39 is 0 Å². The lowest BCUT2D eigenvalue weighted by Gasteiger charge is -2.23. The van der Waals surface area contributed by atoms with Gasteiger partial charge in [-0.05, 0) is 41.8 Å². The van der Waals surface area contributed by atoms with E-state index in [0.717, 1.165) is 32.7 Å². The average Bonchev–Trinajstić information content (AvgIpc) is 2.46. The minimum atomic E-state index is 0.275. The van der Waals surface area contributed by atoms with Crippen molar-refractivity contribution >= 4 is 0 Å². The van der Waals surface area contributed by atoms with Gasteiger partial charge in [0.25, 0.3) is 0 Å². The fourth-order valence-electron chi connectivity index (χ4n) is 2.15. The van der Waals surface area contributed by atoms with Gasteiger partial charge in [0.15, 0.2) is 0 Å². The fourth-order valence-corrected chi connectivity index (χ4v) is 2.15. The lowest BCUT2D eigenvalue weighted by molar-refractivity contribution is 0.138. The maximum absolute atomic E-state index is 5.68. The van der Waals surface area contributed by atoms with E-state index in [-0.39, 0.29) is 5.41 Å².